The van der Waals surface area contributed by atoms with Gasteiger partial charge in [-0.25, -0.2) is 0 Å². The average Bonchev–Trinajstić information content (AvgIpc) is 3.03. The van der Waals surface area contributed by atoms with Gasteiger partial charge in [0.15, 0.2) is 0 Å². The molecule has 0 aromatic rings. The highest BCUT2D eigenvalue weighted by atomic mass is 16.4. The van der Waals surface area contributed by atoms with Crippen LogP contribution in [0, 0.1) is 11.8 Å². The van der Waals surface area contributed by atoms with E-state index < -0.39 is 11.9 Å². The largest absolute Gasteiger partial charge is 0.481 e. The van der Waals surface area contributed by atoms with Crippen LogP contribution in [0.25, 0.3) is 0 Å². The van der Waals surface area contributed by atoms with Gasteiger partial charge in [0.25, 0.3) is 0 Å². The lowest BCUT2D eigenvalue weighted by Gasteiger charge is -2.28. The molecule has 2 saturated carbocycles. The summed E-state index contributed by atoms with van der Waals surface area (Å²) < 4.78 is 0. The van der Waals surface area contributed by atoms with E-state index in [0.29, 0.717) is 12.8 Å². The number of carboxylic acid groups (broad SMARTS) is 1. The van der Waals surface area contributed by atoms with Crippen molar-refractivity contribution in [1.29, 1.82) is 0 Å². The molecule has 2 aliphatic carbocycles. The van der Waals surface area contributed by atoms with Crippen LogP contribution in [0.15, 0.2) is 0 Å². The molecule has 2 rings (SSSR count). The second-order valence-electron chi connectivity index (χ2n) is 7.71. The molecular formula is C19H32N2O4. The van der Waals surface area contributed by atoms with Crippen LogP contribution in [0.3, 0.4) is 0 Å². The second-order valence-corrected chi connectivity index (χ2v) is 7.71. The first-order valence-corrected chi connectivity index (χ1v) is 9.80. The Morgan fingerprint density at radius 1 is 0.960 bits per heavy atom. The summed E-state index contributed by atoms with van der Waals surface area (Å²) in [5.74, 6) is -1.36. The quantitative estimate of drug-likeness (QED) is 0.685. The van der Waals surface area contributed by atoms with E-state index in [9.17, 15) is 19.5 Å². The number of carboxylic acids is 1. The van der Waals surface area contributed by atoms with E-state index in [1.165, 1.54) is 0 Å². The Labute approximate surface area is 150 Å². The normalized spacial score (nSPS) is 26.3. The molecule has 3 atom stereocenters. The summed E-state index contributed by atoms with van der Waals surface area (Å²) in [4.78, 5) is 36.0. The third kappa shape index (κ3) is 6.33. The van der Waals surface area contributed by atoms with Gasteiger partial charge in [-0.05, 0) is 32.6 Å². The van der Waals surface area contributed by atoms with Crippen LogP contribution in [0.4, 0.5) is 0 Å². The summed E-state index contributed by atoms with van der Waals surface area (Å²) in [5.41, 5.74) is 0. The summed E-state index contributed by atoms with van der Waals surface area (Å²) in [6, 6.07) is -0.534. The first-order chi connectivity index (χ1) is 12.0. The highest BCUT2D eigenvalue weighted by Crippen LogP contribution is 2.25. The highest BCUT2D eigenvalue weighted by Gasteiger charge is 2.30. The van der Waals surface area contributed by atoms with Gasteiger partial charge in [-0.3, -0.25) is 14.4 Å². The number of hydrogen-bond acceptors (Lipinski definition) is 3. The number of hydrogen-bond donors (Lipinski definition) is 3. The molecule has 2 fully saturated rings. The number of amides is 2. The van der Waals surface area contributed by atoms with Crippen LogP contribution in [0.5, 0.6) is 0 Å². The lowest BCUT2D eigenvalue weighted by Crippen LogP contribution is -2.46. The van der Waals surface area contributed by atoms with Crippen molar-refractivity contribution < 1.29 is 19.5 Å². The summed E-state index contributed by atoms with van der Waals surface area (Å²) in [6.45, 7) is 1.83. The predicted octanol–water partition coefficient (Wildman–Crippen LogP) is 2.61. The molecule has 0 aliphatic heterocycles. The highest BCUT2D eigenvalue weighted by molar-refractivity contribution is 5.81. The fourth-order valence-electron chi connectivity index (χ4n) is 4.10. The molecule has 0 aromatic heterocycles. The molecule has 0 aromatic carbocycles. The Balaban J connectivity index is 1.81. The standard InChI is InChI=1S/C19H32N2O4/c1-13(20-18(23)14-8-6-7-9-14)12-17(22)21-16-11-5-3-2-4-10-15(16)19(24)25/h13-16H,2-12H2,1H3,(H,20,23)(H,21,22)(H,24,25). The predicted molar refractivity (Wildman–Crippen MR) is 94.9 cm³/mol. The third-order valence-corrected chi connectivity index (χ3v) is 5.54. The van der Waals surface area contributed by atoms with Gasteiger partial charge in [-0.1, -0.05) is 38.5 Å². The molecular weight excluding hydrogens is 320 g/mol. The lowest BCUT2D eigenvalue weighted by atomic mass is 9.86. The third-order valence-electron chi connectivity index (χ3n) is 5.54. The molecule has 0 spiro atoms. The molecule has 0 heterocycles. The number of rotatable bonds is 6. The van der Waals surface area contributed by atoms with Crippen molar-refractivity contribution in [2.75, 3.05) is 0 Å². The van der Waals surface area contributed by atoms with Crippen molar-refractivity contribution in [3.63, 3.8) is 0 Å². The molecule has 3 N–H and O–H groups in total. The van der Waals surface area contributed by atoms with Gasteiger partial charge in [0.2, 0.25) is 11.8 Å². The zero-order chi connectivity index (χ0) is 18.2. The molecule has 0 radical (unpaired) electrons. The molecule has 2 amide bonds. The molecule has 2 aliphatic rings. The number of nitrogens with one attached hydrogen (secondary N) is 2. The van der Waals surface area contributed by atoms with Gasteiger partial charge < -0.3 is 15.7 Å². The fourth-order valence-corrected chi connectivity index (χ4v) is 4.10. The Bertz CT molecular complexity index is 474. The van der Waals surface area contributed by atoms with Crippen molar-refractivity contribution in [1.82, 2.24) is 10.6 Å². The van der Waals surface area contributed by atoms with Gasteiger partial charge in [0.1, 0.15) is 0 Å². The summed E-state index contributed by atoms with van der Waals surface area (Å²) in [7, 11) is 0. The van der Waals surface area contributed by atoms with Gasteiger partial charge >= 0.3 is 5.97 Å². The van der Waals surface area contributed by atoms with Gasteiger partial charge in [-0.2, -0.15) is 0 Å². The molecule has 6 nitrogen and oxygen atoms in total. The zero-order valence-electron chi connectivity index (χ0n) is 15.3. The lowest BCUT2D eigenvalue weighted by molar-refractivity contribution is -0.143. The average molecular weight is 352 g/mol. The van der Waals surface area contributed by atoms with E-state index in [0.717, 1.165) is 51.4 Å². The minimum Gasteiger partial charge on any atom is -0.481 e. The maximum atomic E-state index is 12.3. The van der Waals surface area contributed by atoms with Crippen LogP contribution in [0.2, 0.25) is 0 Å². The van der Waals surface area contributed by atoms with Crippen LogP contribution in [0.1, 0.15) is 77.6 Å². The van der Waals surface area contributed by atoms with E-state index in [4.69, 9.17) is 0 Å². The molecule has 25 heavy (non-hydrogen) atoms. The Morgan fingerprint density at radius 2 is 1.56 bits per heavy atom. The van der Waals surface area contributed by atoms with Crippen molar-refractivity contribution in [2.24, 2.45) is 11.8 Å². The van der Waals surface area contributed by atoms with E-state index in [1.54, 1.807) is 0 Å². The Hall–Kier alpha value is -1.59. The van der Waals surface area contributed by atoms with Crippen LogP contribution in [-0.4, -0.2) is 35.0 Å². The number of carbonyl (C=O) groups excluding carboxylic acids is 2. The maximum Gasteiger partial charge on any atom is 0.308 e. The van der Waals surface area contributed by atoms with Crippen LogP contribution < -0.4 is 10.6 Å². The molecule has 3 unspecified atom stereocenters. The van der Waals surface area contributed by atoms with Gasteiger partial charge in [-0.15, -0.1) is 0 Å². The first-order valence-electron chi connectivity index (χ1n) is 9.80. The maximum absolute atomic E-state index is 12.3. The topological polar surface area (TPSA) is 95.5 Å². The molecule has 6 heteroatoms. The van der Waals surface area contributed by atoms with E-state index in [1.807, 2.05) is 6.92 Å². The number of aliphatic carboxylic acids is 1. The first kappa shape index (κ1) is 19.7. The minimum absolute atomic E-state index is 0.0483. The molecule has 0 bridgehead atoms. The summed E-state index contributed by atoms with van der Waals surface area (Å²) >= 11 is 0. The zero-order valence-corrected chi connectivity index (χ0v) is 15.3. The van der Waals surface area contributed by atoms with Crippen LogP contribution >= 0.6 is 0 Å². The SMILES string of the molecule is CC(CC(=O)NC1CCCCCCC1C(=O)O)NC(=O)C1CCCC1. The molecule has 142 valence electrons. The number of carbonyl (C=O) groups is 3. The Morgan fingerprint density at radius 3 is 2.20 bits per heavy atom. The summed E-state index contributed by atoms with van der Waals surface area (Å²) in [6.07, 6.45) is 9.61. The van der Waals surface area contributed by atoms with Crippen LogP contribution in [-0.2, 0) is 14.4 Å². The fraction of sp³-hybridized carbons (Fsp3) is 0.842. The Kier molecular flexibility index (Phi) is 7.72. The second kappa shape index (κ2) is 9.78. The van der Waals surface area contributed by atoms with Crippen molar-refractivity contribution in [3.05, 3.63) is 0 Å². The van der Waals surface area contributed by atoms with E-state index in [2.05, 4.69) is 10.6 Å². The summed E-state index contributed by atoms with van der Waals surface area (Å²) in [5, 5.41) is 15.3. The van der Waals surface area contributed by atoms with Gasteiger partial charge in [0.05, 0.1) is 5.92 Å². The van der Waals surface area contributed by atoms with Crippen molar-refractivity contribution >= 4 is 17.8 Å². The van der Waals surface area contributed by atoms with Crippen molar-refractivity contribution in [3.8, 4) is 0 Å². The van der Waals surface area contributed by atoms with E-state index in [-0.39, 0.29) is 36.2 Å². The van der Waals surface area contributed by atoms with Gasteiger partial charge in [0, 0.05) is 24.4 Å². The molecule has 0 saturated heterocycles. The minimum atomic E-state index is -0.824. The van der Waals surface area contributed by atoms with Crippen molar-refractivity contribution in [2.45, 2.75) is 89.6 Å². The van der Waals surface area contributed by atoms with E-state index >= 15 is 0 Å². The smallest absolute Gasteiger partial charge is 0.308 e. The monoisotopic (exact) mass is 352 g/mol.